The maximum atomic E-state index is 14.2. The third kappa shape index (κ3) is 4.16. The van der Waals surface area contributed by atoms with E-state index in [-0.39, 0.29) is 17.5 Å². The minimum atomic E-state index is -0.526. The van der Waals surface area contributed by atoms with Crippen LogP contribution in [0.1, 0.15) is 27.0 Å². The zero-order valence-corrected chi connectivity index (χ0v) is 17.3. The smallest absolute Gasteiger partial charge is 0.260 e. The van der Waals surface area contributed by atoms with Crippen LogP contribution in [0.15, 0.2) is 59.2 Å². The second-order valence-electron chi connectivity index (χ2n) is 6.74. The van der Waals surface area contributed by atoms with E-state index in [0.29, 0.717) is 25.3 Å². The van der Waals surface area contributed by atoms with Crippen LogP contribution >= 0.6 is 15.9 Å². The van der Waals surface area contributed by atoms with Crippen molar-refractivity contribution in [3.05, 3.63) is 87.3 Å². The van der Waals surface area contributed by atoms with Gasteiger partial charge in [-0.3, -0.25) is 4.79 Å². The second-order valence-corrected chi connectivity index (χ2v) is 7.65. The van der Waals surface area contributed by atoms with Gasteiger partial charge in [0, 0.05) is 30.9 Å². The van der Waals surface area contributed by atoms with E-state index in [2.05, 4.69) is 20.9 Å². The molecule has 0 bridgehead atoms. The van der Waals surface area contributed by atoms with Crippen LogP contribution in [0.3, 0.4) is 0 Å². The maximum Gasteiger partial charge on any atom is 0.260 e. The van der Waals surface area contributed by atoms with Crippen molar-refractivity contribution in [1.82, 2.24) is 9.88 Å². The summed E-state index contributed by atoms with van der Waals surface area (Å²) < 4.78 is 26.0. The summed E-state index contributed by atoms with van der Waals surface area (Å²) in [5.41, 5.74) is 2.97. The first kappa shape index (κ1) is 19.5. The SMILES string of the molecule is COCc1ccc(F)c(Oc2nccc3c2C(=O)N(Cc2ccc(Br)cc2)C3)c1. The molecule has 0 N–H and O–H groups in total. The van der Waals surface area contributed by atoms with Crippen molar-refractivity contribution in [3.8, 4) is 11.6 Å². The summed E-state index contributed by atoms with van der Waals surface area (Å²) in [5, 5.41) is 0. The number of rotatable bonds is 6. The highest BCUT2D eigenvalue weighted by Gasteiger charge is 2.32. The van der Waals surface area contributed by atoms with E-state index in [1.165, 1.54) is 6.07 Å². The number of carbonyl (C=O) groups is 1. The lowest BCUT2D eigenvalue weighted by Gasteiger charge is -2.16. The maximum absolute atomic E-state index is 14.2. The summed E-state index contributed by atoms with van der Waals surface area (Å²) in [6.45, 7) is 1.25. The largest absolute Gasteiger partial charge is 0.435 e. The quantitative estimate of drug-likeness (QED) is 0.518. The average Bonchev–Trinajstić information content (AvgIpc) is 3.03. The molecular formula is C22H18BrFN2O3. The van der Waals surface area contributed by atoms with Crippen LogP contribution in [0.4, 0.5) is 4.39 Å². The number of ether oxygens (including phenoxy) is 2. The zero-order chi connectivity index (χ0) is 20.4. The number of nitrogens with zero attached hydrogens (tertiary/aromatic N) is 2. The van der Waals surface area contributed by atoms with E-state index in [4.69, 9.17) is 9.47 Å². The fourth-order valence-corrected chi connectivity index (χ4v) is 3.54. The van der Waals surface area contributed by atoms with Crippen molar-refractivity contribution in [2.75, 3.05) is 7.11 Å². The van der Waals surface area contributed by atoms with Crippen molar-refractivity contribution in [3.63, 3.8) is 0 Å². The fourth-order valence-electron chi connectivity index (χ4n) is 3.28. The first-order chi connectivity index (χ1) is 14.0. The minimum Gasteiger partial charge on any atom is -0.435 e. The van der Waals surface area contributed by atoms with Crippen LogP contribution in [0.2, 0.25) is 0 Å². The van der Waals surface area contributed by atoms with Crippen molar-refractivity contribution in [2.24, 2.45) is 0 Å². The Balaban J connectivity index is 1.59. The summed E-state index contributed by atoms with van der Waals surface area (Å²) in [7, 11) is 1.56. The zero-order valence-electron chi connectivity index (χ0n) is 15.7. The van der Waals surface area contributed by atoms with E-state index < -0.39 is 5.82 Å². The van der Waals surface area contributed by atoms with E-state index in [1.54, 1.807) is 36.4 Å². The van der Waals surface area contributed by atoms with Gasteiger partial charge in [-0.1, -0.05) is 34.1 Å². The van der Waals surface area contributed by atoms with Gasteiger partial charge in [-0.2, -0.15) is 0 Å². The van der Waals surface area contributed by atoms with Gasteiger partial charge in [0.05, 0.1) is 6.61 Å². The van der Waals surface area contributed by atoms with Gasteiger partial charge in [0.25, 0.3) is 5.91 Å². The van der Waals surface area contributed by atoms with Crippen molar-refractivity contribution < 1.29 is 18.7 Å². The molecule has 29 heavy (non-hydrogen) atoms. The molecule has 5 nitrogen and oxygen atoms in total. The van der Waals surface area contributed by atoms with Crippen molar-refractivity contribution in [1.29, 1.82) is 0 Å². The van der Waals surface area contributed by atoms with Gasteiger partial charge in [-0.15, -0.1) is 0 Å². The highest BCUT2D eigenvalue weighted by Crippen LogP contribution is 2.34. The van der Waals surface area contributed by atoms with Gasteiger partial charge in [-0.05, 0) is 47.0 Å². The Morgan fingerprint density at radius 1 is 1.14 bits per heavy atom. The number of aromatic nitrogens is 1. The Morgan fingerprint density at radius 2 is 1.90 bits per heavy atom. The number of carbonyl (C=O) groups excluding carboxylic acids is 1. The third-order valence-electron chi connectivity index (χ3n) is 4.66. The van der Waals surface area contributed by atoms with Gasteiger partial charge in [0.2, 0.25) is 5.88 Å². The number of fused-ring (bicyclic) bond motifs is 1. The average molecular weight is 457 g/mol. The van der Waals surface area contributed by atoms with Crippen LogP contribution in [0.25, 0.3) is 0 Å². The summed E-state index contributed by atoms with van der Waals surface area (Å²) in [6.07, 6.45) is 1.57. The molecule has 3 aromatic rings. The van der Waals surface area contributed by atoms with Gasteiger partial charge in [-0.25, -0.2) is 9.37 Å². The topological polar surface area (TPSA) is 51.7 Å². The monoisotopic (exact) mass is 456 g/mol. The molecule has 2 aromatic carbocycles. The molecule has 0 fully saturated rings. The lowest BCUT2D eigenvalue weighted by atomic mass is 10.2. The number of hydrogen-bond donors (Lipinski definition) is 0. The second kappa shape index (κ2) is 8.31. The van der Waals surface area contributed by atoms with Crippen LogP contribution in [0, 0.1) is 5.82 Å². The highest BCUT2D eigenvalue weighted by atomic mass is 79.9. The van der Waals surface area contributed by atoms with E-state index in [9.17, 15) is 9.18 Å². The van der Waals surface area contributed by atoms with Crippen LogP contribution in [0.5, 0.6) is 11.6 Å². The summed E-state index contributed by atoms with van der Waals surface area (Å²) >= 11 is 3.41. The lowest BCUT2D eigenvalue weighted by molar-refractivity contribution is 0.0764. The predicted molar refractivity (Wildman–Crippen MR) is 109 cm³/mol. The standard InChI is InChI=1S/C22H18BrFN2O3/c1-28-13-15-4-7-18(24)19(10-15)29-21-20-16(8-9-25-21)12-26(22(20)27)11-14-2-5-17(23)6-3-14/h2-10H,11-13H2,1H3. The van der Waals surface area contributed by atoms with E-state index in [1.807, 2.05) is 24.3 Å². The van der Waals surface area contributed by atoms with Crippen LogP contribution in [-0.4, -0.2) is 22.9 Å². The lowest BCUT2D eigenvalue weighted by Crippen LogP contribution is -2.23. The number of pyridine rings is 1. The predicted octanol–water partition coefficient (Wildman–Crippen LogP) is 5.08. The molecule has 4 rings (SSSR count). The molecule has 1 aliphatic heterocycles. The van der Waals surface area contributed by atoms with Crippen LogP contribution < -0.4 is 4.74 Å². The molecule has 7 heteroatoms. The summed E-state index contributed by atoms with van der Waals surface area (Å²) in [5.74, 6) is -0.584. The molecule has 0 aliphatic carbocycles. The molecule has 1 aliphatic rings. The molecule has 0 radical (unpaired) electrons. The fraction of sp³-hybridized carbons (Fsp3) is 0.182. The molecular weight excluding hydrogens is 439 g/mol. The Hall–Kier alpha value is -2.77. The third-order valence-corrected chi connectivity index (χ3v) is 5.19. The molecule has 0 saturated carbocycles. The summed E-state index contributed by atoms with van der Waals surface area (Å²) in [4.78, 5) is 18.9. The number of hydrogen-bond acceptors (Lipinski definition) is 4. The Kier molecular flexibility index (Phi) is 5.60. The van der Waals surface area contributed by atoms with Gasteiger partial charge in [0.15, 0.2) is 11.6 Å². The molecule has 0 atom stereocenters. The number of halogens is 2. The molecule has 0 spiro atoms. The molecule has 0 saturated heterocycles. The Morgan fingerprint density at radius 3 is 2.66 bits per heavy atom. The molecule has 1 aromatic heterocycles. The minimum absolute atomic E-state index is 0.0135. The number of methoxy groups -OCH3 is 1. The summed E-state index contributed by atoms with van der Waals surface area (Å²) in [6, 6.07) is 14.1. The van der Waals surface area contributed by atoms with Crippen molar-refractivity contribution >= 4 is 21.8 Å². The molecule has 0 unspecified atom stereocenters. The normalized spacial score (nSPS) is 12.9. The number of amides is 1. The molecule has 1 amide bonds. The number of benzene rings is 2. The van der Waals surface area contributed by atoms with E-state index >= 15 is 0 Å². The van der Waals surface area contributed by atoms with Crippen molar-refractivity contribution in [2.45, 2.75) is 19.7 Å². The van der Waals surface area contributed by atoms with E-state index in [0.717, 1.165) is 21.2 Å². The Bertz CT molecular complexity index is 1060. The first-order valence-electron chi connectivity index (χ1n) is 9.02. The Labute approximate surface area is 176 Å². The molecule has 148 valence electrons. The van der Waals surface area contributed by atoms with Crippen LogP contribution in [-0.2, 0) is 24.4 Å². The van der Waals surface area contributed by atoms with Gasteiger partial charge >= 0.3 is 0 Å². The van der Waals surface area contributed by atoms with Gasteiger partial charge in [0.1, 0.15) is 5.56 Å². The first-order valence-corrected chi connectivity index (χ1v) is 9.81. The van der Waals surface area contributed by atoms with Gasteiger partial charge < -0.3 is 14.4 Å². The molecule has 2 heterocycles. The highest BCUT2D eigenvalue weighted by molar-refractivity contribution is 9.10.